The van der Waals surface area contributed by atoms with Gasteiger partial charge in [0.2, 0.25) is 5.91 Å². The van der Waals surface area contributed by atoms with E-state index in [2.05, 4.69) is 13.8 Å². The summed E-state index contributed by atoms with van der Waals surface area (Å²) in [5.41, 5.74) is -0.831. The fourth-order valence-corrected chi connectivity index (χ4v) is 4.38. The van der Waals surface area contributed by atoms with E-state index in [-0.39, 0.29) is 12.3 Å². The lowest BCUT2D eigenvalue weighted by molar-refractivity contribution is -0.169. The molecule has 2 rings (SSSR count). The summed E-state index contributed by atoms with van der Waals surface area (Å²) in [5.74, 6) is -1.41. The molecule has 32 heavy (non-hydrogen) atoms. The number of carbonyl (C=O) groups excluding carboxylic acids is 2. The second-order valence-electron chi connectivity index (χ2n) is 11.7. The van der Waals surface area contributed by atoms with Crippen LogP contribution in [0.3, 0.4) is 0 Å². The SMILES string of the molecule is CC(C)Cc1ccc([C@@H]2N(C(=O)C(C)(C)C)[C@H](C(=O)O)C[C@]2(C)C(=O)OC(C)(C)C)cc1. The molecule has 1 aromatic rings. The summed E-state index contributed by atoms with van der Waals surface area (Å²) >= 11 is 0. The van der Waals surface area contributed by atoms with Crippen LogP contribution in [0.1, 0.15) is 85.9 Å². The number of likely N-dealkylation sites (tertiary alicyclic amines) is 1. The Bertz CT molecular complexity index is 860. The number of hydrogen-bond acceptors (Lipinski definition) is 4. The first-order valence-corrected chi connectivity index (χ1v) is 11.3. The molecule has 0 bridgehead atoms. The summed E-state index contributed by atoms with van der Waals surface area (Å²) < 4.78 is 5.72. The molecule has 1 N–H and O–H groups in total. The molecule has 1 saturated heterocycles. The van der Waals surface area contributed by atoms with Gasteiger partial charge in [0.25, 0.3) is 0 Å². The van der Waals surface area contributed by atoms with Crippen LogP contribution in [0.25, 0.3) is 0 Å². The van der Waals surface area contributed by atoms with E-state index in [1.54, 1.807) is 48.5 Å². The van der Waals surface area contributed by atoms with Crippen LogP contribution >= 0.6 is 0 Å². The molecule has 1 aromatic carbocycles. The van der Waals surface area contributed by atoms with E-state index < -0.39 is 40.5 Å². The Morgan fingerprint density at radius 2 is 1.62 bits per heavy atom. The third kappa shape index (κ3) is 5.51. The maximum atomic E-state index is 13.5. The Morgan fingerprint density at radius 1 is 1.09 bits per heavy atom. The Balaban J connectivity index is 2.65. The maximum Gasteiger partial charge on any atom is 0.326 e. The van der Waals surface area contributed by atoms with Crippen molar-refractivity contribution in [3.05, 3.63) is 35.4 Å². The Morgan fingerprint density at radius 3 is 2.03 bits per heavy atom. The van der Waals surface area contributed by atoms with Crippen molar-refractivity contribution < 1.29 is 24.2 Å². The lowest BCUT2D eigenvalue weighted by atomic mass is 9.77. The van der Waals surface area contributed by atoms with E-state index >= 15 is 0 Å². The zero-order chi connectivity index (χ0) is 24.6. The number of carboxylic acids is 1. The number of aliphatic carboxylic acids is 1. The van der Waals surface area contributed by atoms with Crippen LogP contribution in [0.2, 0.25) is 0 Å². The summed E-state index contributed by atoms with van der Waals surface area (Å²) in [5, 5.41) is 10.0. The number of ether oxygens (including phenoxy) is 1. The van der Waals surface area contributed by atoms with Gasteiger partial charge in [-0.1, -0.05) is 58.9 Å². The van der Waals surface area contributed by atoms with Gasteiger partial charge >= 0.3 is 11.9 Å². The fraction of sp³-hybridized carbons (Fsp3) is 0.654. The van der Waals surface area contributed by atoms with Crippen molar-refractivity contribution in [1.82, 2.24) is 4.90 Å². The van der Waals surface area contributed by atoms with Gasteiger partial charge in [-0.3, -0.25) is 9.59 Å². The number of hydrogen-bond donors (Lipinski definition) is 1. The van der Waals surface area contributed by atoms with Crippen LogP contribution in [-0.4, -0.2) is 39.5 Å². The molecule has 1 heterocycles. The highest BCUT2D eigenvalue weighted by Crippen LogP contribution is 2.52. The van der Waals surface area contributed by atoms with E-state index in [0.29, 0.717) is 5.92 Å². The smallest absolute Gasteiger partial charge is 0.326 e. The molecule has 0 spiro atoms. The Labute approximate surface area is 192 Å². The average molecular weight is 446 g/mol. The van der Waals surface area contributed by atoms with Gasteiger partial charge in [0, 0.05) is 5.41 Å². The molecular formula is C26H39NO5. The quantitative estimate of drug-likeness (QED) is 0.645. The molecule has 0 radical (unpaired) electrons. The Kier molecular flexibility index (Phi) is 7.18. The van der Waals surface area contributed by atoms with E-state index in [1.807, 2.05) is 24.3 Å². The normalized spacial score (nSPS) is 24.0. The monoisotopic (exact) mass is 445 g/mol. The molecule has 1 amide bonds. The minimum atomic E-state index is -1.20. The average Bonchev–Trinajstić information content (AvgIpc) is 2.94. The van der Waals surface area contributed by atoms with Crippen molar-refractivity contribution in [2.24, 2.45) is 16.7 Å². The molecular weight excluding hydrogens is 406 g/mol. The summed E-state index contributed by atoms with van der Waals surface area (Å²) in [7, 11) is 0. The van der Waals surface area contributed by atoms with Gasteiger partial charge in [-0.25, -0.2) is 4.79 Å². The van der Waals surface area contributed by atoms with Crippen LogP contribution < -0.4 is 0 Å². The molecule has 0 aromatic heterocycles. The molecule has 178 valence electrons. The predicted octanol–water partition coefficient (Wildman–Crippen LogP) is 5.01. The van der Waals surface area contributed by atoms with E-state index in [0.717, 1.165) is 17.5 Å². The van der Waals surface area contributed by atoms with Crippen molar-refractivity contribution in [3.8, 4) is 0 Å². The maximum absolute atomic E-state index is 13.5. The van der Waals surface area contributed by atoms with Crippen molar-refractivity contribution >= 4 is 17.8 Å². The highest BCUT2D eigenvalue weighted by Gasteiger charge is 2.60. The van der Waals surface area contributed by atoms with Gasteiger partial charge < -0.3 is 14.7 Å². The molecule has 3 atom stereocenters. The van der Waals surface area contributed by atoms with Crippen LogP contribution in [0.5, 0.6) is 0 Å². The third-order valence-electron chi connectivity index (χ3n) is 5.80. The molecule has 0 unspecified atom stereocenters. The number of carbonyl (C=O) groups is 3. The first-order chi connectivity index (χ1) is 14.5. The number of amides is 1. The number of benzene rings is 1. The van der Waals surface area contributed by atoms with E-state index in [1.165, 1.54) is 4.90 Å². The first kappa shape index (κ1) is 25.9. The second kappa shape index (κ2) is 8.87. The molecule has 1 aliphatic heterocycles. The standard InChI is InChI=1S/C26H39NO5/c1-16(2)14-17-10-12-18(13-11-17)20-26(9,23(31)32-25(6,7)8)15-19(21(28)29)27(20)22(30)24(3,4)5/h10-13,16,19-20H,14-15H2,1-9H3,(H,28,29)/t19-,20-,26-/m0/s1. The van der Waals surface area contributed by atoms with E-state index in [4.69, 9.17) is 4.74 Å². The first-order valence-electron chi connectivity index (χ1n) is 11.3. The summed E-state index contributed by atoms with van der Waals surface area (Å²) in [6.07, 6.45) is 0.911. The highest BCUT2D eigenvalue weighted by atomic mass is 16.6. The summed E-state index contributed by atoms with van der Waals surface area (Å²) in [6, 6.07) is 5.98. The largest absolute Gasteiger partial charge is 0.480 e. The topological polar surface area (TPSA) is 83.9 Å². The van der Waals surface area contributed by atoms with Crippen molar-refractivity contribution in [2.75, 3.05) is 0 Å². The van der Waals surface area contributed by atoms with Gasteiger partial charge in [-0.15, -0.1) is 0 Å². The van der Waals surface area contributed by atoms with Crippen LogP contribution in [0.15, 0.2) is 24.3 Å². The molecule has 0 saturated carbocycles. The van der Waals surface area contributed by atoms with Crippen molar-refractivity contribution in [1.29, 1.82) is 0 Å². The lowest BCUT2D eigenvalue weighted by Gasteiger charge is -2.38. The van der Waals surface area contributed by atoms with Gasteiger partial charge in [0.1, 0.15) is 11.6 Å². The molecule has 1 aliphatic rings. The minimum Gasteiger partial charge on any atom is -0.480 e. The third-order valence-corrected chi connectivity index (χ3v) is 5.80. The number of nitrogens with zero attached hydrogens (tertiary/aromatic N) is 1. The summed E-state index contributed by atoms with van der Waals surface area (Å²) in [6.45, 7) is 16.7. The Hall–Kier alpha value is -2.37. The van der Waals surface area contributed by atoms with Gasteiger partial charge in [0.15, 0.2) is 0 Å². The molecule has 1 fully saturated rings. The zero-order valence-corrected chi connectivity index (χ0v) is 21.0. The van der Waals surface area contributed by atoms with E-state index in [9.17, 15) is 19.5 Å². The van der Waals surface area contributed by atoms with Gasteiger partial charge in [-0.2, -0.15) is 0 Å². The predicted molar refractivity (Wildman–Crippen MR) is 124 cm³/mol. The van der Waals surface area contributed by atoms with Crippen LogP contribution in [0.4, 0.5) is 0 Å². The number of esters is 1. The van der Waals surface area contributed by atoms with Gasteiger partial charge in [-0.05, 0) is 57.6 Å². The van der Waals surface area contributed by atoms with Crippen molar-refractivity contribution in [2.45, 2.75) is 92.8 Å². The minimum absolute atomic E-state index is 0.00250. The lowest BCUT2D eigenvalue weighted by Crippen LogP contribution is -2.48. The highest BCUT2D eigenvalue weighted by molar-refractivity contribution is 5.91. The van der Waals surface area contributed by atoms with Crippen molar-refractivity contribution in [3.63, 3.8) is 0 Å². The summed E-state index contributed by atoms with van der Waals surface area (Å²) in [4.78, 5) is 40.5. The number of rotatable bonds is 5. The van der Waals surface area contributed by atoms with Gasteiger partial charge in [0.05, 0.1) is 11.5 Å². The fourth-order valence-electron chi connectivity index (χ4n) is 4.38. The molecule has 6 heteroatoms. The van der Waals surface area contributed by atoms with Crippen LogP contribution in [-0.2, 0) is 25.5 Å². The molecule has 6 nitrogen and oxygen atoms in total. The second-order valence-corrected chi connectivity index (χ2v) is 11.7. The zero-order valence-electron chi connectivity index (χ0n) is 21.0. The molecule has 0 aliphatic carbocycles. The number of carboxylic acid groups (broad SMARTS) is 1. The van der Waals surface area contributed by atoms with Crippen LogP contribution in [0, 0.1) is 16.7 Å².